The second-order valence-electron chi connectivity index (χ2n) is 3.52. The molecule has 0 bridgehead atoms. The summed E-state index contributed by atoms with van der Waals surface area (Å²) < 4.78 is 6.28. The average Bonchev–Trinajstić information content (AvgIpc) is 2.15. The first-order valence-corrected chi connectivity index (χ1v) is 5.58. The molecule has 0 saturated carbocycles. The summed E-state index contributed by atoms with van der Waals surface area (Å²) >= 11 is 3.33. The van der Waals surface area contributed by atoms with Gasteiger partial charge in [0.25, 0.3) is 0 Å². The first-order chi connectivity index (χ1) is 7.00. The van der Waals surface area contributed by atoms with Crippen molar-refractivity contribution in [1.82, 2.24) is 0 Å². The first kappa shape index (κ1) is 12.5. The minimum Gasteiger partial charge on any atom is -0.491 e. The Morgan fingerprint density at radius 3 is 2.53 bits per heavy atom. The van der Waals surface area contributed by atoms with E-state index in [4.69, 9.17) is 9.84 Å². The molecule has 4 heteroatoms. The van der Waals surface area contributed by atoms with Crippen molar-refractivity contribution in [2.24, 2.45) is 0 Å². The fourth-order valence-corrected chi connectivity index (χ4v) is 1.57. The van der Waals surface area contributed by atoms with E-state index in [1.54, 1.807) is 19.9 Å². The standard InChI is InChI=1S/C11H15BrO3/c1-7(13)6-15-11-4-3-9(12)5-10(11)8(2)14/h3-5,7-8,13-14H,6H2,1-2H3/t7?,8-/m0/s1. The van der Waals surface area contributed by atoms with Crippen LogP contribution in [0.4, 0.5) is 0 Å². The van der Waals surface area contributed by atoms with Gasteiger partial charge in [-0.2, -0.15) is 0 Å². The number of hydrogen-bond donors (Lipinski definition) is 2. The minimum atomic E-state index is -0.591. The van der Waals surface area contributed by atoms with Gasteiger partial charge in [-0.15, -0.1) is 0 Å². The molecule has 0 radical (unpaired) electrons. The van der Waals surface area contributed by atoms with Gasteiger partial charge in [-0.25, -0.2) is 0 Å². The van der Waals surface area contributed by atoms with Gasteiger partial charge in [-0.3, -0.25) is 0 Å². The summed E-state index contributed by atoms with van der Waals surface area (Å²) in [5.41, 5.74) is 0.713. The van der Waals surface area contributed by atoms with Gasteiger partial charge in [0.2, 0.25) is 0 Å². The molecule has 2 N–H and O–H groups in total. The molecular weight excluding hydrogens is 260 g/mol. The fraction of sp³-hybridized carbons (Fsp3) is 0.455. The molecule has 0 amide bonds. The van der Waals surface area contributed by atoms with Crippen LogP contribution in [0.5, 0.6) is 5.75 Å². The van der Waals surface area contributed by atoms with Crippen molar-refractivity contribution in [3.8, 4) is 5.75 Å². The molecule has 3 nitrogen and oxygen atoms in total. The molecule has 0 aliphatic heterocycles. The number of hydrogen-bond acceptors (Lipinski definition) is 3. The van der Waals surface area contributed by atoms with Gasteiger partial charge in [0.15, 0.2) is 0 Å². The van der Waals surface area contributed by atoms with Crippen LogP contribution in [0.3, 0.4) is 0 Å². The van der Waals surface area contributed by atoms with Crippen molar-refractivity contribution in [2.75, 3.05) is 6.61 Å². The summed E-state index contributed by atoms with van der Waals surface area (Å²) in [5.74, 6) is 0.606. The van der Waals surface area contributed by atoms with Crippen LogP contribution in [-0.4, -0.2) is 22.9 Å². The van der Waals surface area contributed by atoms with Gasteiger partial charge < -0.3 is 14.9 Å². The Hall–Kier alpha value is -0.580. The molecule has 0 heterocycles. The van der Waals surface area contributed by atoms with Gasteiger partial charge in [0, 0.05) is 10.0 Å². The highest BCUT2D eigenvalue weighted by atomic mass is 79.9. The predicted octanol–water partition coefficient (Wildman–Crippen LogP) is 2.26. The zero-order valence-electron chi connectivity index (χ0n) is 8.77. The maximum Gasteiger partial charge on any atom is 0.125 e. The second-order valence-corrected chi connectivity index (χ2v) is 4.43. The van der Waals surface area contributed by atoms with Crippen LogP contribution in [0.1, 0.15) is 25.5 Å². The lowest BCUT2D eigenvalue weighted by Gasteiger charge is -2.14. The zero-order valence-corrected chi connectivity index (χ0v) is 10.4. The van der Waals surface area contributed by atoms with Crippen molar-refractivity contribution in [3.05, 3.63) is 28.2 Å². The highest BCUT2D eigenvalue weighted by Gasteiger charge is 2.10. The van der Waals surface area contributed by atoms with E-state index < -0.39 is 12.2 Å². The highest BCUT2D eigenvalue weighted by molar-refractivity contribution is 9.10. The van der Waals surface area contributed by atoms with Gasteiger partial charge in [0.1, 0.15) is 12.4 Å². The number of halogens is 1. The normalized spacial score (nSPS) is 14.7. The van der Waals surface area contributed by atoms with Gasteiger partial charge >= 0.3 is 0 Å². The summed E-state index contributed by atoms with van der Waals surface area (Å²) in [5, 5.41) is 18.6. The number of ether oxygens (including phenoxy) is 1. The number of rotatable bonds is 4. The van der Waals surface area contributed by atoms with Crippen LogP contribution in [0.2, 0.25) is 0 Å². The molecule has 84 valence electrons. The molecule has 0 fully saturated rings. The predicted molar refractivity (Wildman–Crippen MR) is 62.0 cm³/mol. The van der Waals surface area contributed by atoms with Crippen molar-refractivity contribution >= 4 is 15.9 Å². The maximum absolute atomic E-state index is 9.53. The Morgan fingerprint density at radius 1 is 1.33 bits per heavy atom. The third kappa shape index (κ3) is 3.81. The van der Waals surface area contributed by atoms with E-state index in [-0.39, 0.29) is 6.61 Å². The van der Waals surface area contributed by atoms with E-state index in [1.807, 2.05) is 12.1 Å². The van der Waals surface area contributed by atoms with Crippen molar-refractivity contribution in [3.63, 3.8) is 0 Å². The molecule has 2 atom stereocenters. The van der Waals surface area contributed by atoms with Gasteiger partial charge in [-0.1, -0.05) is 15.9 Å². The lowest BCUT2D eigenvalue weighted by molar-refractivity contribution is 0.118. The summed E-state index contributed by atoms with van der Waals surface area (Å²) in [6.07, 6.45) is -1.11. The van der Waals surface area contributed by atoms with E-state index in [1.165, 1.54) is 0 Å². The molecule has 1 rings (SSSR count). The fourth-order valence-electron chi connectivity index (χ4n) is 1.19. The first-order valence-electron chi connectivity index (χ1n) is 4.79. The van der Waals surface area contributed by atoms with Crippen LogP contribution < -0.4 is 4.74 Å². The lowest BCUT2D eigenvalue weighted by atomic mass is 10.1. The monoisotopic (exact) mass is 274 g/mol. The molecule has 0 aromatic heterocycles. The van der Waals surface area contributed by atoms with Crippen molar-refractivity contribution in [1.29, 1.82) is 0 Å². The molecule has 1 unspecified atom stereocenters. The summed E-state index contributed by atoms with van der Waals surface area (Å²) in [4.78, 5) is 0. The summed E-state index contributed by atoms with van der Waals surface area (Å²) in [6.45, 7) is 3.55. The molecule has 0 aliphatic carbocycles. The Kier molecular flexibility index (Phi) is 4.57. The zero-order chi connectivity index (χ0) is 11.4. The van der Waals surface area contributed by atoms with E-state index in [0.29, 0.717) is 11.3 Å². The smallest absolute Gasteiger partial charge is 0.125 e. The van der Waals surface area contributed by atoms with E-state index >= 15 is 0 Å². The topological polar surface area (TPSA) is 49.7 Å². The van der Waals surface area contributed by atoms with Gasteiger partial charge in [0.05, 0.1) is 12.2 Å². The quantitative estimate of drug-likeness (QED) is 0.886. The van der Waals surface area contributed by atoms with Crippen molar-refractivity contribution in [2.45, 2.75) is 26.1 Å². The molecule has 0 saturated heterocycles. The van der Waals surface area contributed by atoms with Crippen LogP contribution in [0.15, 0.2) is 22.7 Å². The Bertz CT molecular complexity index is 324. The number of benzene rings is 1. The minimum absolute atomic E-state index is 0.224. The van der Waals surface area contributed by atoms with E-state index in [9.17, 15) is 5.11 Å². The van der Waals surface area contributed by atoms with Crippen LogP contribution >= 0.6 is 15.9 Å². The lowest BCUT2D eigenvalue weighted by Crippen LogP contribution is -2.14. The average molecular weight is 275 g/mol. The summed E-state index contributed by atoms with van der Waals surface area (Å²) in [6, 6.07) is 5.42. The summed E-state index contributed by atoms with van der Waals surface area (Å²) in [7, 11) is 0. The molecule has 0 spiro atoms. The number of aliphatic hydroxyl groups is 2. The van der Waals surface area contributed by atoms with Gasteiger partial charge in [-0.05, 0) is 32.0 Å². The SMILES string of the molecule is CC(O)COc1ccc(Br)cc1[C@H](C)O. The maximum atomic E-state index is 9.53. The number of aliphatic hydroxyl groups excluding tert-OH is 2. The molecule has 0 aliphatic rings. The van der Waals surface area contributed by atoms with Crippen LogP contribution in [0.25, 0.3) is 0 Å². The van der Waals surface area contributed by atoms with Crippen molar-refractivity contribution < 1.29 is 14.9 Å². The third-order valence-electron chi connectivity index (χ3n) is 1.90. The van der Waals surface area contributed by atoms with Crippen LogP contribution in [-0.2, 0) is 0 Å². The Morgan fingerprint density at radius 2 is 2.00 bits per heavy atom. The second kappa shape index (κ2) is 5.49. The molecule has 15 heavy (non-hydrogen) atoms. The third-order valence-corrected chi connectivity index (χ3v) is 2.40. The largest absolute Gasteiger partial charge is 0.491 e. The Balaban J connectivity index is 2.86. The van der Waals surface area contributed by atoms with E-state index in [2.05, 4.69) is 15.9 Å². The molecule has 1 aromatic rings. The highest BCUT2D eigenvalue weighted by Crippen LogP contribution is 2.28. The Labute approximate surface area is 97.8 Å². The van der Waals surface area contributed by atoms with Crippen LogP contribution in [0, 0.1) is 0 Å². The van der Waals surface area contributed by atoms with E-state index in [0.717, 1.165) is 4.47 Å². The molecular formula is C11H15BrO3. The molecule has 1 aromatic carbocycles.